The van der Waals surface area contributed by atoms with Gasteiger partial charge in [0.2, 0.25) is 10.0 Å². The summed E-state index contributed by atoms with van der Waals surface area (Å²) in [6.45, 7) is 1.20. The Morgan fingerprint density at radius 3 is 2.44 bits per heavy atom. The third-order valence-corrected chi connectivity index (χ3v) is 4.13. The molecule has 3 N–H and O–H groups in total. The lowest BCUT2D eigenvalue weighted by Crippen LogP contribution is -2.36. The quantitative estimate of drug-likeness (QED) is 0.656. The fourth-order valence-corrected chi connectivity index (χ4v) is 2.97. The Balaban J connectivity index is 2.55. The van der Waals surface area contributed by atoms with Crippen LogP contribution in [0.15, 0.2) is 30.3 Å². The van der Waals surface area contributed by atoms with Crippen molar-refractivity contribution in [3.63, 3.8) is 0 Å². The lowest BCUT2D eigenvalue weighted by Gasteiger charge is -2.14. The van der Waals surface area contributed by atoms with Crippen molar-refractivity contribution in [1.29, 1.82) is 0 Å². The zero-order chi connectivity index (χ0) is 13.6. The van der Waals surface area contributed by atoms with Gasteiger partial charge in [0.15, 0.2) is 0 Å². The van der Waals surface area contributed by atoms with Gasteiger partial charge in [0, 0.05) is 6.54 Å². The fourth-order valence-electron chi connectivity index (χ4n) is 1.55. The zero-order valence-corrected chi connectivity index (χ0v) is 11.1. The lowest BCUT2D eigenvalue weighted by atomic mass is 10.0. The maximum absolute atomic E-state index is 11.7. The molecule has 0 saturated carbocycles. The number of hydrogen-bond donors (Lipinski definition) is 3. The molecule has 0 aliphatic rings. The summed E-state index contributed by atoms with van der Waals surface area (Å²) in [5.74, 6) is -0.176. The fraction of sp³-hybridized carbons (Fsp3) is 0.500. The molecule has 2 unspecified atom stereocenters. The van der Waals surface area contributed by atoms with E-state index in [1.165, 1.54) is 0 Å². The molecule has 18 heavy (non-hydrogen) atoms. The summed E-state index contributed by atoms with van der Waals surface area (Å²) in [5, 5.41) is 17.7. The van der Waals surface area contributed by atoms with E-state index in [0.717, 1.165) is 5.56 Å². The third-order valence-electron chi connectivity index (χ3n) is 2.59. The second-order valence-electron chi connectivity index (χ2n) is 4.28. The summed E-state index contributed by atoms with van der Waals surface area (Å²) in [5.41, 5.74) is 0.950. The molecule has 0 spiro atoms. The molecule has 0 fully saturated rings. The first-order chi connectivity index (χ1) is 8.44. The van der Waals surface area contributed by atoms with Crippen LogP contribution in [0.5, 0.6) is 0 Å². The van der Waals surface area contributed by atoms with Crippen molar-refractivity contribution < 1.29 is 18.6 Å². The van der Waals surface area contributed by atoms with Crippen LogP contribution >= 0.6 is 0 Å². The van der Waals surface area contributed by atoms with Gasteiger partial charge in [-0.25, -0.2) is 13.1 Å². The summed E-state index contributed by atoms with van der Waals surface area (Å²) in [6, 6.07) is 9.36. The first-order valence-corrected chi connectivity index (χ1v) is 7.41. The maximum atomic E-state index is 11.7. The average Bonchev–Trinajstić information content (AvgIpc) is 2.36. The highest BCUT2D eigenvalue weighted by atomic mass is 32.2. The van der Waals surface area contributed by atoms with Crippen molar-refractivity contribution >= 4 is 10.0 Å². The van der Waals surface area contributed by atoms with Crippen molar-refractivity contribution in [2.75, 3.05) is 18.9 Å². The first kappa shape index (κ1) is 15.1. The van der Waals surface area contributed by atoms with E-state index >= 15 is 0 Å². The largest absolute Gasteiger partial charge is 0.394 e. The molecule has 0 aliphatic carbocycles. The van der Waals surface area contributed by atoms with Crippen molar-refractivity contribution in [2.24, 2.45) is 0 Å². The Bertz CT molecular complexity index is 446. The van der Waals surface area contributed by atoms with Crippen molar-refractivity contribution in [3.8, 4) is 0 Å². The predicted octanol–water partition coefficient (Wildman–Crippen LogP) is 0.0627. The van der Waals surface area contributed by atoms with Crippen molar-refractivity contribution in [3.05, 3.63) is 35.9 Å². The lowest BCUT2D eigenvalue weighted by molar-refractivity contribution is 0.0988. The van der Waals surface area contributed by atoms with E-state index in [9.17, 15) is 8.42 Å². The van der Waals surface area contributed by atoms with Crippen LogP contribution in [0.4, 0.5) is 0 Å². The van der Waals surface area contributed by atoms with Crippen LogP contribution in [0.25, 0.3) is 0 Å². The standard InChI is InChI=1S/C12H19NO4S/c1-10(11-5-3-2-4-6-11)9-18(16,17)13-7-12(15)8-14/h2-6,10,12-15H,7-9H2,1H3. The van der Waals surface area contributed by atoms with Crippen molar-refractivity contribution in [1.82, 2.24) is 4.72 Å². The van der Waals surface area contributed by atoms with E-state index in [-0.39, 0.29) is 18.2 Å². The summed E-state index contributed by atoms with van der Waals surface area (Å²) in [6.07, 6.45) is -1.06. The minimum absolute atomic E-state index is 0.0465. The van der Waals surface area contributed by atoms with Gasteiger partial charge in [0.25, 0.3) is 0 Å². The molecule has 5 nitrogen and oxygen atoms in total. The second-order valence-corrected chi connectivity index (χ2v) is 6.13. The molecule has 2 atom stereocenters. The molecule has 1 rings (SSSR count). The Morgan fingerprint density at radius 1 is 1.28 bits per heavy atom. The van der Waals surface area contributed by atoms with E-state index in [1.54, 1.807) is 0 Å². The van der Waals surface area contributed by atoms with Gasteiger partial charge in [-0.05, 0) is 11.5 Å². The molecule has 6 heteroatoms. The van der Waals surface area contributed by atoms with Gasteiger partial charge in [0.1, 0.15) is 0 Å². The molecule has 0 saturated heterocycles. The normalized spacial score (nSPS) is 15.3. The molecule has 1 aromatic rings. The number of sulfonamides is 1. The van der Waals surface area contributed by atoms with Gasteiger partial charge in [-0.3, -0.25) is 0 Å². The minimum Gasteiger partial charge on any atom is -0.394 e. The van der Waals surface area contributed by atoms with Gasteiger partial charge in [-0.1, -0.05) is 37.3 Å². The first-order valence-electron chi connectivity index (χ1n) is 5.76. The highest BCUT2D eigenvalue weighted by Gasteiger charge is 2.17. The van der Waals surface area contributed by atoms with Crippen LogP contribution in [0.1, 0.15) is 18.4 Å². The monoisotopic (exact) mass is 273 g/mol. The van der Waals surface area contributed by atoms with E-state index in [1.807, 2.05) is 37.3 Å². The molecular formula is C12H19NO4S. The molecule has 0 heterocycles. The summed E-state index contributed by atoms with van der Waals surface area (Å²) >= 11 is 0. The Labute approximate surface area is 108 Å². The third kappa shape index (κ3) is 5.14. The number of rotatable bonds is 7. The number of nitrogens with one attached hydrogen (secondary N) is 1. The minimum atomic E-state index is -3.46. The van der Waals surface area contributed by atoms with Gasteiger partial charge < -0.3 is 10.2 Å². The van der Waals surface area contributed by atoms with E-state index < -0.39 is 22.7 Å². The Hall–Kier alpha value is -0.950. The highest BCUT2D eigenvalue weighted by molar-refractivity contribution is 7.89. The van der Waals surface area contributed by atoms with Crippen LogP contribution in [0, 0.1) is 0 Å². The number of aliphatic hydroxyl groups excluding tert-OH is 2. The molecule has 0 bridgehead atoms. The van der Waals surface area contributed by atoms with Crippen LogP contribution in [0.2, 0.25) is 0 Å². The molecule has 0 aliphatic heterocycles. The second kappa shape index (κ2) is 6.84. The zero-order valence-electron chi connectivity index (χ0n) is 10.3. The average molecular weight is 273 g/mol. The smallest absolute Gasteiger partial charge is 0.212 e. The molecule has 0 radical (unpaired) electrons. The summed E-state index contributed by atoms with van der Waals surface area (Å²) < 4.78 is 25.7. The van der Waals surface area contributed by atoms with Crippen LogP contribution < -0.4 is 4.72 Å². The summed E-state index contributed by atoms with van der Waals surface area (Å²) in [4.78, 5) is 0. The van der Waals surface area contributed by atoms with Gasteiger partial charge >= 0.3 is 0 Å². The highest BCUT2D eigenvalue weighted by Crippen LogP contribution is 2.16. The molecular weight excluding hydrogens is 254 g/mol. The Kier molecular flexibility index (Phi) is 5.74. The maximum Gasteiger partial charge on any atom is 0.212 e. The number of hydrogen-bond acceptors (Lipinski definition) is 4. The van der Waals surface area contributed by atoms with Crippen molar-refractivity contribution in [2.45, 2.75) is 18.9 Å². The van der Waals surface area contributed by atoms with Gasteiger partial charge in [0.05, 0.1) is 18.5 Å². The van der Waals surface area contributed by atoms with E-state index in [0.29, 0.717) is 0 Å². The Morgan fingerprint density at radius 2 is 1.89 bits per heavy atom. The predicted molar refractivity (Wildman–Crippen MR) is 69.7 cm³/mol. The summed E-state index contributed by atoms with van der Waals surface area (Å²) in [7, 11) is -3.46. The van der Waals surface area contributed by atoms with Crippen LogP contribution in [-0.2, 0) is 10.0 Å². The van der Waals surface area contributed by atoms with Crippen LogP contribution in [0.3, 0.4) is 0 Å². The topological polar surface area (TPSA) is 86.6 Å². The molecule has 0 aromatic heterocycles. The van der Waals surface area contributed by atoms with Crippen LogP contribution in [-0.4, -0.2) is 43.6 Å². The molecule has 1 aromatic carbocycles. The number of aliphatic hydroxyl groups is 2. The van der Waals surface area contributed by atoms with E-state index in [4.69, 9.17) is 10.2 Å². The SMILES string of the molecule is CC(CS(=O)(=O)NCC(O)CO)c1ccccc1. The van der Waals surface area contributed by atoms with Gasteiger partial charge in [-0.2, -0.15) is 0 Å². The number of benzene rings is 1. The molecule has 102 valence electrons. The van der Waals surface area contributed by atoms with E-state index in [2.05, 4.69) is 4.72 Å². The molecule has 0 amide bonds. The van der Waals surface area contributed by atoms with Gasteiger partial charge in [-0.15, -0.1) is 0 Å².